The van der Waals surface area contributed by atoms with Crippen LogP contribution < -0.4 is 0 Å². The summed E-state index contributed by atoms with van der Waals surface area (Å²) in [4.78, 5) is 33.0. The van der Waals surface area contributed by atoms with Crippen molar-refractivity contribution in [1.82, 2.24) is 0 Å². The van der Waals surface area contributed by atoms with Gasteiger partial charge >= 0.3 is 5.97 Å². The number of nitro groups is 2. The molecule has 0 aliphatic carbocycles. The maximum atomic E-state index is 12.5. The minimum absolute atomic E-state index is 0.165. The van der Waals surface area contributed by atoms with Gasteiger partial charge in [0.1, 0.15) is 0 Å². The van der Waals surface area contributed by atoms with Gasteiger partial charge in [-0.3, -0.25) is 20.2 Å². The summed E-state index contributed by atoms with van der Waals surface area (Å²) in [5, 5.41) is 22.0. The van der Waals surface area contributed by atoms with Gasteiger partial charge in [0.25, 0.3) is 11.4 Å². The van der Waals surface area contributed by atoms with Crippen LogP contribution in [-0.2, 0) is 4.74 Å². The van der Waals surface area contributed by atoms with E-state index in [-0.39, 0.29) is 11.7 Å². The van der Waals surface area contributed by atoms with Crippen molar-refractivity contribution >= 4 is 33.5 Å². The topological polar surface area (TPSA) is 113 Å². The largest absolute Gasteiger partial charge is 0.459 e. The van der Waals surface area contributed by atoms with E-state index >= 15 is 0 Å². The predicted molar refractivity (Wildman–Crippen MR) is 105 cm³/mol. The highest BCUT2D eigenvalue weighted by Crippen LogP contribution is 2.27. The van der Waals surface area contributed by atoms with Crippen molar-refractivity contribution in [3.05, 3.63) is 44.0 Å². The van der Waals surface area contributed by atoms with E-state index in [1.54, 1.807) is 0 Å². The SMILES string of the molecule is C[Si](C)(C)CC(C[Si](C)(C)C)OC(=O)c1cc([N+](=O)[O-])cc([N+](=O)[O-])c1. The Morgan fingerprint density at radius 2 is 1.31 bits per heavy atom. The zero-order valence-corrected chi connectivity index (χ0v) is 18.1. The first-order valence-electron chi connectivity index (χ1n) is 8.33. The maximum Gasteiger partial charge on any atom is 0.338 e. The average molecular weight is 399 g/mol. The lowest BCUT2D eigenvalue weighted by atomic mass is 10.2. The second-order valence-electron chi connectivity index (χ2n) is 8.81. The highest BCUT2D eigenvalue weighted by Gasteiger charge is 2.30. The number of non-ortho nitro benzene ring substituents is 2. The Kier molecular flexibility index (Phi) is 6.83. The van der Waals surface area contributed by atoms with Gasteiger partial charge in [-0.05, 0) is 12.1 Å². The molecule has 0 radical (unpaired) electrons. The van der Waals surface area contributed by atoms with Crippen molar-refractivity contribution in [2.75, 3.05) is 0 Å². The quantitative estimate of drug-likeness (QED) is 0.271. The molecular formula is C16H26N2O6Si2. The number of nitro benzene ring substituents is 2. The van der Waals surface area contributed by atoms with Crippen molar-refractivity contribution in [3.8, 4) is 0 Å². The zero-order valence-electron chi connectivity index (χ0n) is 16.1. The molecule has 0 aliphatic heterocycles. The Bertz CT molecular complexity index is 661. The van der Waals surface area contributed by atoms with E-state index < -0.39 is 43.3 Å². The van der Waals surface area contributed by atoms with E-state index in [1.807, 2.05) is 0 Å². The molecule has 0 bridgehead atoms. The summed E-state index contributed by atoms with van der Waals surface area (Å²) in [5.41, 5.74) is -1.17. The maximum absolute atomic E-state index is 12.5. The minimum atomic E-state index is -1.52. The number of benzene rings is 1. The molecular weight excluding hydrogens is 372 g/mol. The summed E-state index contributed by atoms with van der Waals surface area (Å²) < 4.78 is 5.64. The summed E-state index contributed by atoms with van der Waals surface area (Å²) in [5.74, 6) is -0.752. The van der Waals surface area contributed by atoms with Crippen LogP contribution in [0.15, 0.2) is 18.2 Å². The summed E-state index contributed by atoms with van der Waals surface area (Å²) in [6, 6.07) is 4.43. The number of hydrogen-bond donors (Lipinski definition) is 0. The van der Waals surface area contributed by atoms with E-state index in [2.05, 4.69) is 39.3 Å². The Hall–Kier alpha value is -2.08. The molecule has 0 N–H and O–H groups in total. The molecule has 8 nitrogen and oxygen atoms in total. The van der Waals surface area contributed by atoms with Gasteiger partial charge in [-0.25, -0.2) is 4.79 Å². The number of carbonyl (C=O) groups is 1. The monoisotopic (exact) mass is 398 g/mol. The molecule has 0 saturated heterocycles. The average Bonchev–Trinajstić information content (AvgIpc) is 2.42. The molecule has 0 fully saturated rings. The molecule has 1 rings (SSSR count). The third-order valence-electron chi connectivity index (χ3n) is 3.51. The lowest BCUT2D eigenvalue weighted by Crippen LogP contribution is -2.35. The van der Waals surface area contributed by atoms with Crippen LogP contribution in [0.5, 0.6) is 0 Å². The minimum Gasteiger partial charge on any atom is -0.459 e. The Labute approximate surface area is 154 Å². The van der Waals surface area contributed by atoms with Gasteiger partial charge in [-0.15, -0.1) is 0 Å². The third-order valence-corrected chi connectivity index (χ3v) is 6.87. The Morgan fingerprint density at radius 1 is 0.923 bits per heavy atom. The second-order valence-corrected chi connectivity index (χ2v) is 19.9. The van der Waals surface area contributed by atoms with Gasteiger partial charge in [0.15, 0.2) is 0 Å². The van der Waals surface area contributed by atoms with E-state index in [9.17, 15) is 25.0 Å². The van der Waals surface area contributed by atoms with Crippen LogP contribution in [0, 0.1) is 20.2 Å². The van der Waals surface area contributed by atoms with E-state index in [4.69, 9.17) is 4.74 Å². The van der Waals surface area contributed by atoms with Crippen LogP contribution in [0.1, 0.15) is 10.4 Å². The summed E-state index contributed by atoms with van der Waals surface area (Å²) in [6.45, 7) is 13.1. The van der Waals surface area contributed by atoms with Gasteiger partial charge in [-0.1, -0.05) is 39.3 Å². The van der Waals surface area contributed by atoms with Crippen LogP contribution >= 0.6 is 0 Å². The van der Waals surface area contributed by atoms with Gasteiger partial charge in [-0.2, -0.15) is 0 Å². The standard InChI is InChI=1S/C16H26N2O6Si2/c1-25(2,3)10-15(11-26(4,5)6)24-16(19)12-7-13(17(20)21)9-14(8-12)18(22)23/h7-9,15H,10-11H2,1-6H3. The molecule has 1 aromatic rings. The fourth-order valence-corrected chi connectivity index (χ4v) is 6.14. The summed E-state index contributed by atoms with van der Waals surface area (Å²) >= 11 is 0. The molecule has 144 valence electrons. The molecule has 0 spiro atoms. The summed E-state index contributed by atoms with van der Waals surface area (Å²) in [6.07, 6.45) is -0.279. The normalized spacial score (nSPS) is 12.1. The molecule has 0 heterocycles. The Morgan fingerprint density at radius 3 is 1.62 bits per heavy atom. The van der Waals surface area contributed by atoms with Gasteiger partial charge in [0, 0.05) is 28.3 Å². The van der Waals surface area contributed by atoms with Crippen LogP contribution in [0.25, 0.3) is 0 Å². The number of rotatable bonds is 8. The molecule has 0 aromatic heterocycles. The first-order chi connectivity index (χ1) is 11.7. The van der Waals surface area contributed by atoms with Crippen molar-refractivity contribution in [2.45, 2.75) is 57.5 Å². The fourth-order valence-electron chi connectivity index (χ4n) is 2.66. The smallest absolute Gasteiger partial charge is 0.338 e. The van der Waals surface area contributed by atoms with Crippen LogP contribution in [0.3, 0.4) is 0 Å². The van der Waals surface area contributed by atoms with Crippen LogP contribution in [0.2, 0.25) is 51.4 Å². The van der Waals surface area contributed by atoms with Crippen molar-refractivity contribution in [1.29, 1.82) is 0 Å². The van der Waals surface area contributed by atoms with E-state index in [1.165, 1.54) is 0 Å². The Balaban J connectivity index is 3.15. The zero-order chi connectivity index (χ0) is 20.3. The highest BCUT2D eigenvalue weighted by molar-refractivity contribution is 6.78. The van der Waals surface area contributed by atoms with Gasteiger partial charge in [0.05, 0.1) is 27.6 Å². The van der Waals surface area contributed by atoms with Crippen molar-refractivity contribution in [2.24, 2.45) is 0 Å². The third kappa shape index (κ3) is 7.44. The van der Waals surface area contributed by atoms with Crippen molar-refractivity contribution < 1.29 is 19.4 Å². The van der Waals surface area contributed by atoms with E-state index in [0.29, 0.717) is 0 Å². The highest BCUT2D eigenvalue weighted by atomic mass is 28.3. The van der Waals surface area contributed by atoms with Crippen LogP contribution in [-0.4, -0.2) is 38.1 Å². The van der Waals surface area contributed by atoms with Crippen LogP contribution in [0.4, 0.5) is 11.4 Å². The van der Waals surface area contributed by atoms with Crippen molar-refractivity contribution in [3.63, 3.8) is 0 Å². The molecule has 0 unspecified atom stereocenters. The molecule has 10 heteroatoms. The number of carbonyl (C=O) groups excluding carboxylic acids is 1. The first-order valence-corrected chi connectivity index (χ1v) is 15.7. The number of ether oxygens (including phenoxy) is 1. The van der Waals surface area contributed by atoms with Gasteiger partial charge in [0.2, 0.25) is 0 Å². The molecule has 0 atom stereocenters. The lowest BCUT2D eigenvalue weighted by molar-refractivity contribution is -0.394. The predicted octanol–water partition coefficient (Wildman–Crippen LogP) is 4.70. The molecule has 0 saturated carbocycles. The summed E-state index contributed by atoms with van der Waals surface area (Å²) in [7, 11) is -3.03. The fraction of sp³-hybridized carbons (Fsp3) is 0.562. The molecule has 0 amide bonds. The number of hydrogen-bond acceptors (Lipinski definition) is 6. The first kappa shape index (κ1) is 22.0. The molecule has 1 aromatic carbocycles. The molecule has 0 aliphatic rings. The number of esters is 1. The molecule has 26 heavy (non-hydrogen) atoms. The lowest BCUT2D eigenvalue weighted by Gasteiger charge is -2.29. The number of nitrogens with zero attached hydrogens (tertiary/aromatic N) is 2. The van der Waals surface area contributed by atoms with E-state index in [0.717, 1.165) is 30.3 Å². The van der Waals surface area contributed by atoms with Gasteiger partial charge < -0.3 is 4.74 Å². The second kappa shape index (κ2) is 8.08.